The molecule has 0 saturated heterocycles. The first-order chi connectivity index (χ1) is 6.18. The zero-order valence-corrected chi connectivity index (χ0v) is 11.7. The van der Waals surface area contributed by atoms with E-state index >= 15 is 0 Å². The monoisotopic (exact) mass is 411 g/mol. The summed E-state index contributed by atoms with van der Waals surface area (Å²) in [4.78, 5) is 4.26. The van der Waals surface area contributed by atoms with Crippen LogP contribution in [-0.4, -0.2) is 4.98 Å². The summed E-state index contributed by atoms with van der Waals surface area (Å²) in [6.45, 7) is 0. The minimum absolute atomic E-state index is 1.03. The first kappa shape index (κ1) is 9.86. The summed E-state index contributed by atoms with van der Waals surface area (Å²) >= 11 is 9.17. The average Bonchev–Trinajstić information content (AvgIpc) is 2.12. The lowest BCUT2D eigenvalue weighted by Crippen LogP contribution is -1.84. The fraction of sp³-hybridized carbons (Fsp3) is 0. The molecule has 0 saturated carbocycles. The lowest BCUT2D eigenvalue weighted by molar-refractivity contribution is 1.29. The third kappa shape index (κ3) is 1.89. The van der Waals surface area contributed by atoms with Gasteiger partial charge in [-0.2, -0.15) is 0 Å². The number of pyridine rings is 1. The van der Waals surface area contributed by atoms with Crippen LogP contribution >= 0.6 is 54.5 Å². The van der Waals surface area contributed by atoms with Gasteiger partial charge in [-0.25, -0.2) is 4.98 Å². The van der Waals surface area contributed by atoms with Gasteiger partial charge in [0.25, 0.3) is 0 Å². The maximum Gasteiger partial charge on any atom is 0.109 e. The van der Waals surface area contributed by atoms with Crippen LogP contribution in [0.1, 0.15) is 0 Å². The fourth-order valence-electron chi connectivity index (χ4n) is 1.15. The maximum atomic E-state index is 4.26. The Bertz CT molecular complexity index is 470. The molecule has 0 radical (unpaired) electrons. The second kappa shape index (κ2) is 3.82. The first-order valence-electron chi connectivity index (χ1n) is 3.58. The van der Waals surface area contributed by atoms with Gasteiger partial charge in [0.1, 0.15) is 3.70 Å². The van der Waals surface area contributed by atoms with E-state index < -0.39 is 0 Å². The molecule has 1 aromatic heterocycles. The molecule has 2 rings (SSSR count). The first-order valence-corrected chi connectivity index (χ1v) is 6.24. The molecule has 13 heavy (non-hydrogen) atoms. The highest BCUT2D eigenvalue weighted by Gasteiger charge is 2.03. The largest absolute Gasteiger partial charge is 0.248 e. The topological polar surface area (TPSA) is 12.9 Å². The molecule has 0 aliphatic rings. The maximum absolute atomic E-state index is 4.26. The van der Waals surface area contributed by atoms with Gasteiger partial charge in [0.15, 0.2) is 0 Å². The number of rotatable bonds is 0. The zero-order chi connectivity index (χ0) is 9.42. The highest BCUT2D eigenvalue weighted by Crippen LogP contribution is 2.28. The molecule has 1 heterocycles. The SMILES string of the molecule is Brc1ccc2c(I)ncc(Br)c2c1. The Morgan fingerprint density at radius 1 is 1.15 bits per heavy atom. The van der Waals surface area contributed by atoms with Crippen LogP contribution in [0, 0.1) is 3.70 Å². The van der Waals surface area contributed by atoms with Crippen LogP contribution in [0.4, 0.5) is 0 Å². The Labute approximate surface area is 106 Å². The van der Waals surface area contributed by atoms with E-state index in [9.17, 15) is 0 Å². The predicted molar refractivity (Wildman–Crippen MR) is 69.9 cm³/mol. The average molecular weight is 413 g/mol. The normalized spacial score (nSPS) is 10.7. The molecule has 0 aliphatic carbocycles. The molecule has 0 fully saturated rings. The van der Waals surface area contributed by atoms with Gasteiger partial charge >= 0.3 is 0 Å². The van der Waals surface area contributed by atoms with E-state index in [4.69, 9.17) is 0 Å². The van der Waals surface area contributed by atoms with Gasteiger partial charge in [-0.15, -0.1) is 0 Å². The number of fused-ring (bicyclic) bond motifs is 1. The van der Waals surface area contributed by atoms with E-state index in [0.29, 0.717) is 0 Å². The van der Waals surface area contributed by atoms with E-state index in [1.807, 2.05) is 12.3 Å². The number of aromatic nitrogens is 1. The zero-order valence-electron chi connectivity index (χ0n) is 6.39. The summed E-state index contributed by atoms with van der Waals surface area (Å²) in [6, 6.07) is 6.18. The highest BCUT2D eigenvalue weighted by molar-refractivity contribution is 14.1. The van der Waals surface area contributed by atoms with E-state index in [1.54, 1.807) is 0 Å². The number of hydrogen-bond donors (Lipinski definition) is 0. The van der Waals surface area contributed by atoms with Crippen molar-refractivity contribution in [3.05, 3.63) is 37.0 Å². The van der Waals surface area contributed by atoms with E-state index in [2.05, 4.69) is 71.6 Å². The smallest absolute Gasteiger partial charge is 0.109 e. The quantitative estimate of drug-likeness (QED) is 0.462. The van der Waals surface area contributed by atoms with Crippen molar-refractivity contribution in [2.24, 2.45) is 0 Å². The van der Waals surface area contributed by atoms with Crippen molar-refractivity contribution in [3.8, 4) is 0 Å². The highest BCUT2D eigenvalue weighted by atomic mass is 127. The lowest BCUT2D eigenvalue weighted by atomic mass is 10.2. The van der Waals surface area contributed by atoms with E-state index in [0.717, 1.165) is 12.6 Å². The standard InChI is InChI=1S/C9H4Br2IN/c10-5-1-2-6-7(3-5)8(11)4-13-9(6)12/h1-4H. The third-order valence-corrected chi connectivity index (χ3v) is 3.74. The molecular weight excluding hydrogens is 409 g/mol. The molecule has 0 bridgehead atoms. The van der Waals surface area contributed by atoms with Crippen LogP contribution in [0.5, 0.6) is 0 Å². The predicted octanol–water partition coefficient (Wildman–Crippen LogP) is 4.36. The molecule has 0 aliphatic heterocycles. The summed E-state index contributed by atoms with van der Waals surface area (Å²) in [6.07, 6.45) is 1.83. The van der Waals surface area contributed by atoms with Crippen molar-refractivity contribution >= 4 is 65.2 Å². The van der Waals surface area contributed by atoms with Crippen molar-refractivity contribution in [2.75, 3.05) is 0 Å². The summed E-state index contributed by atoms with van der Waals surface area (Å²) < 4.78 is 3.15. The minimum atomic E-state index is 1.03. The number of halogens is 3. The number of nitrogens with zero attached hydrogens (tertiary/aromatic N) is 1. The van der Waals surface area contributed by atoms with Crippen molar-refractivity contribution in [2.45, 2.75) is 0 Å². The second-order valence-corrected chi connectivity index (χ2v) is 5.38. The van der Waals surface area contributed by atoms with Crippen LogP contribution in [0.15, 0.2) is 33.3 Å². The second-order valence-electron chi connectivity index (χ2n) is 2.59. The molecule has 0 unspecified atom stereocenters. The molecule has 1 nitrogen and oxygen atoms in total. The Morgan fingerprint density at radius 3 is 2.69 bits per heavy atom. The van der Waals surface area contributed by atoms with E-state index in [1.165, 1.54) is 10.8 Å². The van der Waals surface area contributed by atoms with Gasteiger partial charge in [-0.3, -0.25) is 0 Å². The van der Waals surface area contributed by atoms with Crippen LogP contribution in [0.3, 0.4) is 0 Å². The molecule has 0 atom stereocenters. The van der Waals surface area contributed by atoms with Crippen LogP contribution in [0.25, 0.3) is 10.8 Å². The van der Waals surface area contributed by atoms with Crippen LogP contribution < -0.4 is 0 Å². The van der Waals surface area contributed by atoms with Gasteiger partial charge in [-0.05, 0) is 50.7 Å². The summed E-state index contributed by atoms with van der Waals surface area (Å²) in [5.41, 5.74) is 0. The Kier molecular flexibility index (Phi) is 2.90. The van der Waals surface area contributed by atoms with Crippen molar-refractivity contribution in [3.63, 3.8) is 0 Å². The van der Waals surface area contributed by atoms with Gasteiger partial charge in [0, 0.05) is 25.9 Å². The lowest BCUT2D eigenvalue weighted by Gasteiger charge is -2.02. The Hall–Kier alpha value is 0.320. The third-order valence-electron chi connectivity index (χ3n) is 1.75. The van der Waals surface area contributed by atoms with Gasteiger partial charge < -0.3 is 0 Å². The molecule has 4 heteroatoms. The van der Waals surface area contributed by atoms with Gasteiger partial charge in [0.05, 0.1) is 0 Å². The molecular formula is C9H4Br2IN. The fourth-order valence-corrected chi connectivity index (χ4v) is 2.55. The van der Waals surface area contributed by atoms with Crippen molar-refractivity contribution in [1.82, 2.24) is 4.98 Å². The minimum Gasteiger partial charge on any atom is -0.248 e. The summed E-state index contributed by atoms with van der Waals surface area (Å²) in [5, 5.41) is 2.37. The molecule has 0 spiro atoms. The van der Waals surface area contributed by atoms with Crippen LogP contribution in [0.2, 0.25) is 0 Å². The van der Waals surface area contributed by atoms with Crippen molar-refractivity contribution in [1.29, 1.82) is 0 Å². The molecule has 0 amide bonds. The molecule has 2 aromatic rings. The number of benzene rings is 1. The van der Waals surface area contributed by atoms with Crippen molar-refractivity contribution < 1.29 is 0 Å². The molecule has 0 N–H and O–H groups in total. The molecule has 1 aromatic carbocycles. The Balaban J connectivity index is 2.92. The summed E-state index contributed by atoms with van der Waals surface area (Å²) in [5.74, 6) is 0. The number of hydrogen-bond acceptors (Lipinski definition) is 1. The van der Waals surface area contributed by atoms with Crippen LogP contribution in [-0.2, 0) is 0 Å². The molecule has 66 valence electrons. The Morgan fingerprint density at radius 2 is 1.92 bits per heavy atom. The summed E-state index contributed by atoms with van der Waals surface area (Å²) in [7, 11) is 0. The van der Waals surface area contributed by atoms with E-state index in [-0.39, 0.29) is 0 Å². The van der Waals surface area contributed by atoms with Gasteiger partial charge in [-0.1, -0.05) is 22.0 Å². The van der Waals surface area contributed by atoms with Gasteiger partial charge in [0.2, 0.25) is 0 Å².